The van der Waals surface area contributed by atoms with E-state index in [0.29, 0.717) is 0 Å². The van der Waals surface area contributed by atoms with Gasteiger partial charge in [0, 0.05) is 33.7 Å². The zero-order chi connectivity index (χ0) is 23.3. The highest BCUT2D eigenvalue weighted by Gasteiger charge is 2.32. The van der Waals surface area contributed by atoms with Crippen LogP contribution in [0.2, 0.25) is 0 Å². The van der Waals surface area contributed by atoms with Crippen LogP contribution in [0, 0.1) is 5.41 Å². The molecule has 1 aliphatic heterocycles. The number of rotatable bonds is 3. The molecule has 6 rings (SSSR count). The zero-order valence-electron chi connectivity index (χ0n) is 19.2. The standard InChI is InChI=1S/C31H24N2O/c1-31(2)19-27(33-30(31)25-13-7-8-14-28(25)34)26-18-22(17-21-10-4-5-11-23(21)26)29-24-12-6-3-9-20(24)15-16-32-29/h3-19,34H,1-2H3. The van der Waals surface area contributed by atoms with Crippen molar-refractivity contribution in [3.63, 3.8) is 0 Å². The summed E-state index contributed by atoms with van der Waals surface area (Å²) >= 11 is 0. The summed E-state index contributed by atoms with van der Waals surface area (Å²) in [6.07, 6.45) is 4.08. The van der Waals surface area contributed by atoms with E-state index in [0.717, 1.165) is 50.0 Å². The molecule has 3 heteroatoms. The summed E-state index contributed by atoms with van der Waals surface area (Å²) in [6, 6.07) is 30.7. The zero-order valence-corrected chi connectivity index (χ0v) is 19.2. The van der Waals surface area contributed by atoms with Crippen molar-refractivity contribution in [2.24, 2.45) is 10.4 Å². The Morgan fingerprint density at radius 2 is 1.41 bits per heavy atom. The fourth-order valence-electron chi connectivity index (χ4n) is 4.94. The van der Waals surface area contributed by atoms with Crippen LogP contribution in [0.15, 0.2) is 108 Å². The normalized spacial score (nSPS) is 14.9. The number of hydrogen-bond donors (Lipinski definition) is 1. The van der Waals surface area contributed by atoms with Gasteiger partial charge in [-0.2, -0.15) is 0 Å². The Kier molecular flexibility index (Phi) is 4.59. The van der Waals surface area contributed by atoms with Crippen LogP contribution in [0.25, 0.3) is 38.5 Å². The molecule has 0 bridgehead atoms. The van der Waals surface area contributed by atoms with Crippen LogP contribution in [0.5, 0.6) is 5.75 Å². The molecule has 0 aliphatic carbocycles. The average molecular weight is 441 g/mol. The van der Waals surface area contributed by atoms with E-state index < -0.39 is 0 Å². The first-order chi connectivity index (χ1) is 16.5. The molecule has 0 saturated carbocycles. The fourth-order valence-corrected chi connectivity index (χ4v) is 4.94. The largest absolute Gasteiger partial charge is 0.507 e. The monoisotopic (exact) mass is 440 g/mol. The Balaban J connectivity index is 1.59. The summed E-state index contributed by atoms with van der Waals surface area (Å²) in [5.41, 5.74) is 5.35. The van der Waals surface area contributed by atoms with Crippen LogP contribution in [0.1, 0.15) is 25.0 Å². The summed E-state index contributed by atoms with van der Waals surface area (Å²) in [5, 5.41) is 15.1. The van der Waals surface area contributed by atoms with E-state index in [-0.39, 0.29) is 11.2 Å². The Bertz CT molecular complexity index is 1640. The van der Waals surface area contributed by atoms with Gasteiger partial charge in [0.2, 0.25) is 0 Å². The highest BCUT2D eigenvalue weighted by molar-refractivity contribution is 6.14. The first-order valence-corrected chi connectivity index (χ1v) is 11.5. The van der Waals surface area contributed by atoms with Gasteiger partial charge in [-0.1, -0.05) is 74.5 Å². The van der Waals surface area contributed by atoms with E-state index in [9.17, 15) is 5.11 Å². The van der Waals surface area contributed by atoms with Crippen molar-refractivity contribution in [3.05, 3.63) is 114 Å². The summed E-state index contributed by atoms with van der Waals surface area (Å²) in [6.45, 7) is 4.28. The first kappa shape index (κ1) is 20.4. The van der Waals surface area contributed by atoms with E-state index in [1.54, 1.807) is 6.07 Å². The second kappa shape index (κ2) is 7.67. The Morgan fingerprint density at radius 1 is 0.706 bits per heavy atom. The lowest BCUT2D eigenvalue weighted by atomic mass is 9.84. The molecule has 4 aromatic carbocycles. The maximum atomic E-state index is 10.5. The van der Waals surface area contributed by atoms with Crippen molar-refractivity contribution in [2.45, 2.75) is 13.8 Å². The number of aromatic nitrogens is 1. The quantitative estimate of drug-likeness (QED) is 0.313. The third-order valence-electron chi connectivity index (χ3n) is 6.58. The fraction of sp³-hybridized carbons (Fsp3) is 0.0968. The lowest BCUT2D eigenvalue weighted by Gasteiger charge is -2.19. The second-order valence-corrected chi connectivity index (χ2v) is 9.35. The highest BCUT2D eigenvalue weighted by Crippen LogP contribution is 2.42. The number of phenols is 1. The summed E-state index contributed by atoms with van der Waals surface area (Å²) in [4.78, 5) is 9.85. The number of benzene rings is 4. The lowest BCUT2D eigenvalue weighted by Crippen LogP contribution is -2.19. The molecule has 0 unspecified atom stereocenters. The molecule has 5 aromatic rings. The van der Waals surface area contributed by atoms with E-state index in [1.165, 1.54) is 5.39 Å². The number of para-hydroxylation sites is 1. The molecule has 0 radical (unpaired) electrons. The van der Waals surface area contributed by atoms with Gasteiger partial charge in [-0.3, -0.25) is 9.98 Å². The third kappa shape index (κ3) is 3.29. The van der Waals surface area contributed by atoms with Gasteiger partial charge in [0.05, 0.1) is 17.1 Å². The maximum Gasteiger partial charge on any atom is 0.124 e. The van der Waals surface area contributed by atoms with Gasteiger partial charge in [-0.05, 0) is 52.6 Å². The number of aliphatic imine (C=N–C) groups is 1. The Hall–Kier alpha value is -4.24. The molecule has 1 aliphatic rings. The van der Waals surface area contributed by atoms with Crippen LogP contribution in [-0.4, -0.2) is 15.8 Å². The molecular formula is C31H24N2O. The van der Waals surface area contributed by atoms with Gasteiger partial charge in [0.1, 0.15) is 5.75 Å². The molecule has 0 fully saturated rings. The van der Waals surface area contributed by atoms with Crippen LogP contribution >= 0.6 is 0 Å². The van der Waals surface area contributed by atoms with E-state index in [2.05, 4.69) is 80.6 Å². The molecule has 0 amide bonds. The SMILES string of the molecule is CC1(C)C=C(c2cc(-c3nccc4ccccc34)cc3ccccc23)N=C1c1ccccc1O. The molecule has 34 heavy (non-hydrogen) atoms. The minimum Gasteiger partial charge on any atom is -0.507 e. The van der Waals surface area contributed by atoms with Crippen LogP contribution in [-0.2, 0) is 0 Å². The Morgan fingerprint density at radius 3 is 2.24 bits per heavy atom. The highest BCUT2D eigenvalue weighted by atomic mass is 16.3. The van der Waals surface area contributed by atoms with Crippen molar-refractivity contribution in [3.8, 4) is 17.0 Å². The second-order valence-electron chi connectivity index (χ2n) is 9.35. The van der Waals surface area contributed by atoms with Gasteiger partial charge in [0.25, 0.3) is 0 Å². The molecule has 164 valence electrons. The average Bonchev–Trinajstić information content (AvgIpc) is 3.18. The van der Waals surface area contributed by atoms with Crippen molar-refractivity contribution >= 4 is 33.0 Å². The van der Waals surface area contributed by atoms with Crippen molar-refractivity contribution in [1.82, 2.24) is 4.98 Å². The molecular weight excluding hydrogens is 416 g/mol. The van der Waals surface area contributed by atoms with Gasteiger partial charge in [-0.15, -0.1) is 0 Å². The number of allylic oxidation sites excluding steroid dienone is 1. The molecule has 3 nitrogen and oxygen atoms in total. The van der Waals surface area contributed by atoms with Gasteiger partial charge >= 0.3 is 0 Å². The molecule has 0 spiro atoms. The topological polar surface area (TPSA) is 45.5 Å². The maximum absolute atomic E-state index is 10.5. The number of aromatic hydroxyl groups is 1. The number of phenolic OH excluding ortho intramolecular Hbond substituents is 1. The molecule has 2 heterocycles. The van der Waals surface area contributed by atoms with Crippen LogP contribution in [0.4, 0.5) is 0 Å². The summed E-state index contributed by atoms with van der Waals surface area (Å²) < 4.78 is 0. The predicted octanol–water partition coefficient (Wildman–Crippen LogP) is 7.63. The molecule has 0 saturated heterocycles. The summed E-state index contributed by atoms with van der Waals surface area (Å²) in [7, 11) is 0. The van der Waals surface area contributed by atoms with Crippen molar-refractivity contribution in [2.75, 3.05) is 0 Å². The lowest BCUT2D eigenvalue weighted by molar-refractivity contribution is 0.473. The van der Waals surface area contributed by atoms with E-state index in [1.807, 2.05) is 30.5 Å². The smallest absolute Gasteiger partial charge is 0.124 e. The minimum absolute atomic E-state index is 0.252. The third-order valence-corrected chi connectivity index (χ3v) is 6.58. The molecule has 1 aromatic heterocycles. The van der Waals surface area contributed by atoms with Gasteiger partial charge in [-0.25, -0.2) is 0 Å². The molecule has 1 N–H and O–H groups in total. The van der Waals surface area contributed by atoms with Crippen molar-refractivity contribution in [1.29, 1.82) is 0 Å². The summed E-state index contributed by atoms with van der Waals surface area (Å²) in [5.74, 6) is 0.252. The number of pyridine rings is 1. The van der Waals surface area contributed by atoms with E-state index in [4.69, 9.17) is 9.98 Å². The first-order valence-electron chi connectivity index (χ1n) is 11.5. The van der Waals surface area contributed by atoms with Crippen molar-refractivity contribution < 1.29 is 5.11 Å². The number of nitrogens with zero attached hydrogens (tertiary/aromatic N) is 2. The predicted molar refractivity (Wildman–Crippen MR) is 141 cm³/mol. The van der Waals surface area contributed by atoms with Crippen LogP contribution in [0.3, 0.4) is 0 Å². The van der Waals surface area contributed by atoms with Gasteiger partial charge < -0.3 is 5.11 Å². The molecule has 0 atom stereocenters. The number of fused-ring (bicyclic) bond motifs is 2. The van der Waals surface area contributed by atoms with Gasteiger partial charge in [0.15, 0.2) is 0 Å². The Labute approximate surface area is 198 Å². The van der Waals surface area contributed by atoms with E-state index >= 15 is 0 Å². The van der Waals surface area contributed by atoms with Crippen LogP contribution < -0.4 is 0 Å². The number of hydrogen-bond acceptors (Lipinski definition) is 3. The minimum atomic E-state index is -0.316.